The molecule has 0 spiro atoms. The molecule has 0 heterocycles. The largest absolute Gasteiger partial charge is 0.390 e. The van der Waals surface area contributed by atoms with Crippen molar-refractivity contribution in [1.82, 2.24) is 0 Å². The van der Waals surface area contributed by atoms with Crippen LogP contribution < -0.4 is 0 Å². The van der Waals surface area contributed by atoms with Crippen molar-refractivity contribution < 1.29 is 15.3 Å². The molecule has 0 aromatic carbocycles. The SMILES string of the molecule is C=CCCCCCC(O)C(O)CC#CC#CC(O)CC. The average Bonchev–Trinajstić information content (AvgIpc) is 2.45. The van der Waals surface area contributed by atoms with Crippen LogP contribution in [-0.2, 0) is 0 Å². The Labute approximate surface area is 122 Å². The van der Waals surface area contributed by atoms with Crippen LogP contribution in [0.15, 0.2) is 12.7 Å². The van der Waals surface area contributed by atoms with E-state index < -0.39 is 18.3 Å². The van der Waals surface area contributed by atoms with E-state index in [4.69, 9.17) is 0 Å². The Morgan fingerprint density at radius 1 is 1.05 bits per heavy atom. The molecule has 0 aromatic rings. The molecule has 3 N–H and O–H groups in total. The summed E-state index contributed by atoms with van der Waals surface area (Å²) in [5.74, 6) is 10.4. The molecule has 0 aliphatic carbocycles. The third kappa shape index (κ3) is 10.6. The zero-order chi connectivity index (χ0) is 15.2. The molecule has 3 atom stereocenters. The van der Waals surface area contributed by atoms with Gasteiger partial charge in [-0.05, 0) is 37.5 Å². The number of rotatable bonds is 9. The van der Waals surface area contributed by atoms with Crippen molar-refractivity contribution in [3.05, 3.63) is 12.7 Å². The summed E-state index contributed by atoms with van der Waals surface area (Å²) in [4.78, 5) is 0. The molecule has 3 unspecified atom stereocenters. The summed E-state index contributed by atoms with van der Waals surface area (Å²) in [5, 5.41) is 28.6. The number of hydrogen-bond acceptors (Lipinski definition) is 3. The van der Waals surface area contributed by atoms with Gasteiger partial charge in [-0.25, -0.2) is 0 Å². The van der Waals surface area contributed by atoms with Crippen LogP contribution in [0.1, 0.15) is 51.9 Å². The van der Waals surface area contributed by atoms with Gasteiger partial charge in [-0.3, -0.25) is 0 Å². The van der Waals surface area contributed by atoms with Crippen molar-refractivity contribution in [3.8, 4) is 23.7 Å². The smallest absolute Gasteiger partial charge is 0.115 e. The van der Waals surface area contributed by atoms with Gasteiger partial charge in [0, 0.05) is 6.42 Å². The lowest BCUT2D eigenvalue weighted by atomic mass is 10.0. The van der Waals surface area contributed by atoms with Crippen LogP contribution in [0.4, 0.5) is 0 Å². The van der Waals surface area contributed by atoms with E-state index in [2.05, 4.69) is 30.3 Å². The second-order valence-electron chi connectivity index (χ2n) is 4.76. The van der Waals surface area contributed by atoms with Crippen molar-refractivity contribution >= 4 is 0 Å². The zero-order valence-corrected chi connectivity index (χ0v) is 12.3. The summed E-state index contributed by atoms with van der Waals surface area (Å²) < 4.78 is 0. The molecular weight excluding hydrogens is 252 g/mol. The fourth-order valence-electron chi connectivity index (χ4n) is 1.57. The zero-order valence-electron chi connectivity index (χ0n) is 12.3. The summed E-state index contributed by atoms with van der Waals surface area (Å²) in [5.41, 5.74) is 0. The van der Waals surface area contributed by atoms with E-state index in [-0.39, 0.29) is 6.42 Å². The minimum Gasteiger partial charge on any atom is -0.390 e. The highest BCUT2D eigenvalue weighted by Gasteiger charge is 2.14. The fourth-order valence-corrected chi connectivity index (χ4v) is 1.57. The first-order valence-corrected chi connectivity index (χ1v) is 7.25. The molecule has 0 saturated carbocycles. The van der Waals surface area contributed by atoms with Gasteiger partial charge in [0.15, 0.2) is 0 Å². The van der Waals surface area contributed by atoms with Gasteiger partial charge in [-0.2, -0.15) is 0 Å². The standard InChI is InChI=1S/C17H26O3/c1-3-5-6-7-10-13-16(19)17(20)14-11-8-9-12-15(18)4-2/h3,15-20H,1,4-7,10,13-14H2,2H3. The van der Waals surface area contributed by atoms with Gasteiger partial charge in [-0.1, -0.05) is 37.7 Å². The maximum atomic E-state index is 9.74. The number of aliphatic hydroxyl groups is 3. The highest BCUT2D eigenvalue weighted by molar-refractivity contribution is 5.27. The Hall–Kier alpha value is -1.26. The second-order valence-corrected chi connectivity index (χ2v) is 4.76. The van der Waals surface area contributed by atoms with Gasteiger partial charge in [0.05, 0.1) is 12.2 Å². The van der Waals surface area contributed by atoms with Crippen LogP contribution in [0, 0.1) is 23.7 Å². The number of allylic oxidation sites excluding steroid dienone is 1. The van der Waals surface area contributed by atoms with Crippen LogP contribution in [0.5, 0.6) is 0 Å². The predicted octanol–water partition coefficient (Wildman–Crippen LogP) is 2.01. The highest BCUT2D eigenvalue weighted by Crippen LogP contribution is 2.10. The molecule has 20 heavy (non-hydrogen) atoms. The molecule has 0 aliphatic heterocycles. The van der Waals surface area contributed by atoms with E-state index in [1.54, 1.807) is 0 Å². The molecule has 0 aromatic heterocycles. The lowest BCUT2D eigenvalue weighted by molar-refractivity contribution is 0.0165. The van der Waals surface area contributed by atoms with Gasteiger partial charge in [0.1, 0.15) is 6.10 Å². The van der Waals surface area contributed by atoms with Crippen LogP contribution in [-0.4, -0.2) is 33.6 Å². The Morgan fingerprint density at radius 3 is 2.45 bits per heavy atom. The lowest BCUT2D eigenvalue weighted by Gasteiger charge is -2.15. The van der Waals surface area contributed by atoms with Gasteiger partial charge < -0.3 is 15.3 Å². The van der Waals surface area contributed by atoms with Crippen molar-refractivity contribution in [2.45, 2.75) is 70.2 Å². The molecule has 0 rings (SSSR count). The molecule has 0 bridgehead atoms. The topological polar surface area (TPSA) is 60.7 Å². The average molecular weight is 278 g/mol. The molecule has 0 saturated heterocycles. The van der Waals surface area contributed by atoms with Gasteiger partial charge >= 0.3 is 0 Å². The van der Waals surface area contributed by atoms with Gasteiger partial charge in [-0.15, -0.1) is 6.58 Å². The number of hydrogen-bond donors (Lipinski definition) is 3. The van der Waals surface area contributed by atoms with Crippen molar-refractivity contribution in [2.75, 3.05) is 0 Å². The third-order valence-corrected chi connectivity index (χ3v) is 2.94. The molecule has 0 radical (unpaired) electrons. The Kier molecular flexibility index (Phi) is 12.0. The van der Waals surface area contributed by atoms with E-state index in [0.717, 1.165) is 25.7 Å². The molecule has 112 valence electrons. The van der Waals surface area contributed by atoms with E-state index in [1.807, 2.05) is 13.0 Å². The maximum absolute atomic E-state index is 9.74. The normalized spacial score (nSPS) is 14.2. The first kappa shape index (κ1) is 18.7. The van der Waals surface area contributed by atoms with E-state index in [9.17, 15) is 15.3 Å². The minimum absolute atomic E-state index is 0.199. The summed E-state index contributed by atoms with van der Waals surface area (Å²) in [6.45, 7) is 5.49. The van der Waals surface area contributed by atoms with E-state index in [1.165, 1.54) is 0 Å². The van der Waals surface area contributed by atoms with Crippen molar-refractivity contribution in [3.63, 3.8) is 0 Å². The van der Waals surface area contributed by atoms with Crippen molar-refractivity contribution in [1.29, 1.82) is 0 Å². The fraction of sp³-hybridized carbons (Fsp3) is 0.647. The first-order valence-electron chi connectivity index (χ1n) is 7.25. The Balaban J connectivity index is 3.84. The minimum atomic E-state index is -0.834. The summed E-state index contributed by atoms with van der Waals surface area (Å²) in [7, 11) is 0. The Morgan fingerprint density at radius 2 is 1.80 bits per heavy atom. The first-order chi connectivity index (χ1) is 9.61. The summed E-state index contributed by atoms with van der Waals surface area (Å²) >= 11 is 0. The summed E-state index contributed by atoms with van der Waals surface area (Å²) in [6.07, 6.45) is 5.01. The van der Waals surface area contributed by atoms with Crippen LogP contribution in [0.25, 0.3) is 0 Å². The summed E-state index contributed by atoms with van der Waals surface area (Å²) in [6, 6.07) is 0. The number of unbranched alkanes of at least 4 members (excludes halogenated alkanes) is 3. The van der Waals surface area contributed by atoms with E-state index >= 15 is 0 Å². The highest BCUT2D eigenvalue weighted by atomic mass is 16.3. The quantitative estimate of drug-likeness (QED) is 0.343. The monoisotopic (exact) mass is 278 g/mol. The van der Waals surface area contributed by atoms with Crippen LogP contribution >= 0.6 is 0 Å². The molecule has 0 amide bonds. The van der Waals surface area contributed by atoms with Gasteiger partial charge in [0.2, 0.25) is 0 Å². The second kappa shape index (κ2) is 12.8. The van der Waals surface area contributed by atoms with Crippen LogP contribution in [0.2, 0.25) is 0 Å². The van der Waals surface area contributed by atoms with E-state index in [0.29, 0.717) is 12.8 Å². The predicted molar refractivity (Wildman–Crippen MR) is 81.8 cm³/mol. The molecular formula is C17H26O3. The van der Waals surface area contributed by atoms with Crippen LogP contribution in [0.3, 0.4) is 0 Å². The molecule has 3 heteroatoms. The Bertz CT molecular complexity index is 367. The molecule has 0 fully saturated rings. The van der Waals surface area contributed by atoms with Crippen molar-refractivity contribution in [2.24, 2.45) is 0 Å². The molecule has 3 nitrogen and oxygen atoms in total. The number of aliphatic hydroxyl groups excluding tert-OH is 3. The third-order valence-electron chi connectivity index (χ3n) is 2.94. The lowest BCUT2D eigenvalue weighted by Crippen LogP contribution is -2.25. The van der Waals surface area contributed by atoms with Gasteiger partial charge in [0.25, 0.3) is 0 Å². The maximum Gasteiger partial charge on any atom is 0.115 e. The molecule has 0 aliphatic rings.